The normalized spacial score (nSPS) is 14.6. The topological polar surface area (TPSA) is 70.7 Å². The molecular weight excluding hydrogens is 398 g/mol. The molecule has 1 amide bonds. The summed E-state index contributed by atoms with van der Waals surface area (Å²) in [7, 11) is 0. The molecule has 0 aliphatic carbocycles. The zero-order valence-electron chi connectivity index (χ0n) is 17.8. The van der Waals surface area contributed by atoms with E-state index in [9.17, 15) is 9.59 Å². The van der Waals surface area contributed by atoms with Gasteiger partial charge in [-0.1, -0.05) is 36.8 Å². The molecule has 1 fully saturated rings. The maximum absolute atomic E-state index is 12.6. The number of carbonyl (C=O) groups excluding carboxylic acids is 2. The molecule has 2 aromatic rings. The van der Waals surface area contributed by atoms with Crippen molar-refractivity contribution in [3.05, 3.63) is 40.8 Å². The molecule has 1 saturated heterocycles. The lowest BCUT2D eigenvalue weighted by Crippen LogP contribution is -2.38. The molecule has 1 aromatic heterocycles. The van der Waals surface area contributed by atoms with Crippen LogP contribution in [0.4, 0.5) is 5.00 Å². The molecule has 6 nitrogen and oxygen atoms in total. The molecule has 0 atom stereocenters. The molecule has 0 radical (unpaired) electrons. The quantitative estimate of drug-likeness (QED) is 0.446. The molecule has 0 saturated carbocycles. The highest BCUT2D eigenvalue weighted by molar-refractivity contribution is 7.15. The molecule has 1 aliphatic heterocycles. The Morgan fingerprint density at radius 3 is 2.60 bits per heavy atom. The maximum atomic E-state index is 12.6. The first-order valence-corrected chi connectivity index (χ1v) is 11.5. The number of hydrogen-bond donors (Lipinski definition) is 2. The molecular formula is C23H31N3O3S. The highest BCUT2D eigenvalue weighted by Gasteiger charge is 2.20. The monoisotopic (exact) mass is 429 g/mol. The number of ketones is 1. The van der Waals surface area contributed by atoms with Gasteiger partial charge in [-0.05, 0) is 32.0 Å². The van der Waals surface area contributed by atoms with Crippen molar-refractivity contribution in [2.75, 3.05) is 51.3 Å². The van der Waals surface area contributed by atoms with E-state index in [4.69, 9.17) is 4.74 Å². The van der Waals surface area contributed by atoms with Gasteiger partial charge in [-0.3, -0.25) is 14.5 Å². The zero-order chi connectivity index (χ0) is 21.3. The van der Waals surface area contributed by atoms with Crippen molar-refractivity contribution in [1.82, 2.24) is 10.2 Å². The predicted octanol–water partition coefficient (Wildman–Crippen LogP) is 3.57. The van der Waals surface area contributed by atoms with Crippen molar-refractivity contribution in [2.45, 2.75) is 26.7 Å². The van der Waals surface area contributed by atoms with Crippen LogP contribution in [0.5, 0.6) is 0 Å². The van der Waals surface area contributed by atoms with E-state index < -0.39 is 0 Å². The average molecular weight is 430 g/mol. The number of ether oxygens (including phenoxy) is 1. The standard InChI is InChI=1S/C23H31N3O3S/c1-3-20(27)22-19(18-7-5-17(2)6-8-18)16-30-23(22)25-21(28)15-24-9-4-10-26-11-13-29-14-12-26/h5-8,16,24H,3-4,9-15H2,1-2H3,(H,25,28). The number of anilines is 1. The number of rotatable bonds is 10. The first-order chi connectivity index (χ1) is 14.6. The Kier molecular flexibility index (Phi) is 8.57. The first-order valence-electron chi connectivity index (χ1n) is 10.6. The van der Waals surface area contributed by atoms with E-state index in [1.807, 2.05) is 43.5 Å². The molecule has 7 heteroatoms. The van der Waals surface area contributed by atoms with E-state index in [2.05, 4.69) is 15.5 Å². The Labute approximate surface area is 182 Å². The lowest BCUT2D eigenvalue weighted by molar-refractivity contribution is -0.115. The predicted molar refractivity (Wildman–Crippen MR) is 122 cm³/mol. The number of aryl methyl sites for hydroxylation is 1. The van der Waals surface area contributed by atoms with Crippen molar-refractivity contribution >= 4 is 28.0 Å². The van der Waals surface area contributed by atoms with Crippen LogP contribution in [0.15, 0.2) is 29.6 Å². The van der Waals surface area contributed by atoms with Crippen LogP contribution >= 0.6 is 11.3 Å². The number of nitrogens with one attached hydrogen (secondary N) is 2. The van der Waals surface area contributed by atoms with Crippen molar-refractivity contribution in [3.8, 4) is 11.1 Å². The van der Waals surface area contributed by atoms with Crippen LogP contribution in [0.1, 0.15) is 35.7 Å². The van der Waals surface area contributed by atoms with Gasteiger partial charge >= 0.3 is 0 Å². The molecule has 2 heterocycles. The number of Topliss-reactive ketones (excluding diaryl/α,β-unsaturated/α-hetero) is 1. The summed E-state index contributed by atoms with van der Waals surface area (Å²) < 4.78 is 5.35. The SMILES string of the molecule is CCC(=O)c1c(-c2ccc(C)cc2)csc1NC(=O)CNCCCN1CCOCC1. The molecule has 2 N–H and O–H groups in total. The summed E-state index contributed by atoms with van der Waals surface area (Å²) in [5, 5.41) is 8.73. The van der Waals surface area contributed by atoms with Crippen molar-refractivity contribution < 1.29 is 14.3 Å². The van der Waals surface area contributed by atoms with Crippen molar-refractivity contribution in [2.24, 2.45) is 0 Å². The van der Waals surface area contributed by atoms with Gasteiger partial charge in [0.15, 0.2) is 5.78 Å². The van der Waals surface area contributed by atoms with Crippen LogP contribution in [0, 0.1) is 6.92 Å². The summed E-state index contributed by atoms with van der Waals surface area (Å²) in [6, 6.07) is 8.11. The number of amides is 1. The number of thiophene rings is 1. The molecule has 1 aromatic carbocycles. The third-order valence-electron chi connectivity index (χ3n) is 5.22. The summed E-state index contributed by atoms with van der Waals surface area (Å²) in [4.78, 5) is 27.4. The van der Waals surface area contributed by atoms with Gasteiger partial charge in [0.1, 0.15) is 5.00 Å². The minimum absolute atomic E-state index is 0.0422. The van der Waals surface area contributed by atoms with Crippen molar-refractivity contribution in [1.29, 1.82) is 0 Å². The Morgan fingerprint density at radius 2 is 1.90 bits per heavy atom. The van der Waals surface area contributed by atoms with Gasteiger partial charge in [0.25, 0.3) is 0 Å². The maximum Gasteiger partial charge on any atom is 0.238 e. The van der Waals surface area contributed by atoms with E-state index in [1.54, 1.807) is 0 Å². The van der Waals surface area contributed by atoms with Crippen LogP contribution in [0.3, 0.4) is 0 Å². The summed E-state index contributed by atoms with van der Waals surface area (Å²) >= 11 is 1.41. The Hall–Kier alpha value is -2.06. The Balaban J connectivity index is 1.54. The van der Waals surface area contributed by atoms with Gasteiger partial charge in [0.05, 0.1) is 25.3 Å². The second kappa shape index (κ2) is 11.4. The Bertz CT molecular complexity index is 842. The lowest BCUT2D eigenvalue weighted by Gasteiger charge is -2.26. The second-order valence-electron chi connectivity index (χ2n) is 7.53. The summed E-state index contributed by atoms with van der Waals surface area (Å²) in [5.41, 5.74) is 3.67. The number of hydrogen-bond acceptors (Lipinski definition) is 6. The fraction of sp³-hybridized carbons (Fsp3) is 0.478. The molecule has 1 aliphatic rings. The van der Waals surface area contributed by atoms with Gasteiger partial charge in [0.2, 0.25) is 5.91 Å². The minimum atomic E-state index is -0.121. The van der Waals surface area contributed by atoms with E-state index in [-0.39, 0.29) is 18.2 Å². The van der Waals surface area contributed by atoms with E-state index in [0.29, 0.717) is 17.0 Å². The smallest absolute Gasteiger partial charge is 0.238 e. The van der Waals surface area contributed by atoms with Crippen LogP contribution in [-0.2, 0) is 9.53 Å². The minimum Gasteiger partial charge on any atom is -0.379 e. The van der Waals surface area contributed by atoms with E-state index in [1.165, 1.54) is 16.9 Å². The summed E-state index contributed by atoms with van der Waals surface area (Å²) in [6.45, 7) is 9.49. The van der Waals surface area contributed by atoms with Gasteiger partial charge in [-0.25, -0.2) is 0 Å². The summed E-state index contributed by atoms with van der Waals surface area (Å²) in [5.74, 6) is -0.0792. The van der Waals surface area contributed by atoms with Gasteiger partial charge in [-0.2, -0.15) is 0 Å². The molecule has 0 spiro atoms. The third kappa shape index (κ3) is 6.22. The molecule has 162 valence electrons. The van der Waals surface area contributed by atoms with Crippen LogP contribution < -0.4 is 10.6 Å². The van der Waals surface area contributed by atoms with Gasteiger partial charge < -0.3 is 15.4 Å². The van der Waals surface area contributed by atoms with Gasteiger partial charge in [0, 0.05) is 30.5 Å². The lowest BCUT2D eigenvalue weighted by atomic mass is 9.99. The fourth-order valence-corrected chi connectivity index (χ4v) is 4.48. The van der Waals surface area contributed by atoms with Crippen LogP contribution in [-0.4, -0.2) is 62.5 Å². The van der Waals surface area contributed by atoms with Crippen molar-refractivity contribution in [3.63, 3.8) is 0 Å². The number of morpholine rings is 1. The molecule has 0 bridgehead atoms. The average Bonchev–Trinajstić information content (AvgIpc) is 3.17. The fourth-order valence-electron chi connectivity index (χ4n) is 3.47. The first kappa shape index (κ1) is 22.6. The summed E-state index contributed by atoms with van der Waals surface area (Å²) in [6.07, 6.45) is 1.39. The second-order valence-corrected chi connectivity index (χ2v) is 8.41. The van der Waals surface area contributed by atoms with E-state index in [0.717, 1.165) is 56.9 Å². The molecule has 30 heavy (non-hydrogen) atoms. The molecule has 0 unspecified atom stereocenters. The van der Waals surface area contributed by atoms with E-state index >= 15 is 0 Å². The number of carbonyl (C=O) groups is 2. The van der Waals surface area contributed by atoms with Gasteiger partial charge in [-0.15, -0.1) is 11.3 Å². The third-order valence-corrected chi connectivity index (χ3v) is 6.12. The number of nitrogens with zero attached hydrogens (tertiary/aromatic N) is 1. The number of benzene rings is 1. The highest BCUT2D eigenvalue weighted by Crippen LogP contribution is 2.36. The highest BCUT2D eigenvalue weighted by atomic mass is 32.1. The molecule has 3 rings (SSSR count). The van der Waals surface area contributed by atoms with Crippen LogP contribution in [0.25, 0.3) is 11.1 Å². The Morgan fingerprint density at radius 1 is 1.17 bits per heavy atom. The van der Waals surface area contributed by atoms with Crippen LogP contribution in [0.2, 0.25) is 0 Å². The zero-order valence-corrected chi connectivity index (χ0v) is 18.6. The largest absolute Gasteiger partial charge is 0.379 e.